The second kappa shape index (κ2) is 24.1. The number of anilines is 1. The van der Waals surface area contributed by atoms with Crippen molar-refractivity contribution in [2.75, 3.05) is 31.2 Å². The summed E-state index contributed by atoms with van der Waals surface area (Å²) in [6, 6.07) is 27.0. The van der Waals surface area contributed by atoms with Gasteiger partial charge in [-0.15, -0.1) is 12.8 Å². The van der Waals surface area contributed by atoms with Gasteiger partial charge >= 0.3 is 11.9 Å². The lowest BCUT2D eigenvalue weighted by Crippen LogP contribution is -2.28. The monoisotopic (exact) mass is 874 g/mol. The predicted molar refractivity (Wildman–Crippen MR) is 271 cm³/mol. The van der Waals surface area contributed by atoms with Crippen LogP contribution in [0.2, 0.25) is 0 Å². The minimum absolute atomic E-state index is 0.0666. The zero-order valence-electron chi connectivity index (χ0n) is 39.9. The van der Waals surface area contributed by atoms with E-state index in [9.17, 15) is 9.59 Å². The van der Waals surface area contributed by atoms with Gasteiger partial charge in [0.15, 0.2) is 18.9 Å². The molecule has 0 aliphatic carbocycles. The Morgan fingerprint density at radius 3 is 1.66 bits per heavy atom. The van der Waals surface area contributed by atoms with Crippen LogP contribution in [0.25, 0.3) is 21.5 Å². The fourth-order valence-corrected chi connectivity index (χ4v) is 10.4. The molecular formula is C59H73N2O4+. The Morgan fingerprint density at radius 2 is 1.09 bits per heavy atom. The van der Waals surface area contributed by atoms with E-state index >= 15 is 0 Å². The van der Waals surface area contributed by atoms with Crippen LogP contribution in [0.5, 0.6) is 0 Å². The van der Waals surface area contributed by atoms with Gasteiger partial charge in [-0.25, -0.2) is 0 Å². The van der Waals surface area contributed by atoms with E-state index in [0.29, 0.717) is 12.8 Å². The smallest absolute Gasteiger partial charge is 0.306 e. The fourth-order valence-electron chi connectivity index (χ4n) is 10.4. The summed E-state index contributed by atoms with van der Waals surface area (Å²) in [6.07, 6.45) is 36.5. The van der Waals surface area contributed by atoms with Gasteiger partial charge in [-0.3, -0.25) is 9.59 Å². The molecule has 4 aromatic rings. The molecule has 0 fully saturated rings. The standard InChI is InChI=1S/C59H73N2O4/c1-7-44-64-54(62)36-21-17-13-9-11-15-19-27-42-60-50-40-38-46-30-23-25-32-48(46)56(50)58(3,4)52(60)34-29-35-53-59(5,6)57-49-33-26-24-31-47(49)39-41-51(57)61(53)43-28-20-16-12-10-14-18-22-37-55(63)65-45-8-2/h1-2,23-26,29-35,38-41H,9-22,27-28,36-37,42-45H2,3-6H3/q+1. The van der Waals surface area contributed by atoms with Crippen LogP contribution in [0, 0.1) is 24.7 Å². The molecule has 0 N–H and O–H groups in total. The van der Waals surface area contributed by atoms with E-state index in [0.717, 1.165) is 64.5 Å². The molecule has 0 saturated carbocycles. The number of hydrogen-bond acceptors (Lipinski definition) is 5. The number of hydrogen-bond donors (Lipinski definition) is 0. The van der Waals surface area contributed by atoms with Gasteiger partial charge in [0.05, 0.1) is 5.41 Å². The summed E-state index contributed by atoms with van der Waals surface area (Å²) in [6.45, 7) is 11.7. The molecule has 2 heterocycles. The van der Waals surface area contributed by atoms with E-state index in [2.05, 4.69) is 140 Å². The van der Waals surface area contributed by atoms with Crippen molar-refractivity contribution in [3.8, 4) is 24.7 Å². The third kappa shape index (κ3) is 12.4. The molecule has 0 amide bonds. The van der Waals surface area contributed by atoms with Gasteiger partial charge in [0.2, 0.25) is 5.69 Å². The Hall–Kier alpha value is -5.59. The van der Waals surface area contributed by atoms with Crippen LogP contribution in [0.1, 0.15) is 154 Å². The summed E-state index contributed by atoms with van der Waals surface area (Å²) in [7, 11) is 0. The van der Waals surface area contributed by atoms with E-state index in [4.69, 9.17) is 22.3 Å². The van der Waals surface area contributed by atoms with E-state index in [1.54, 1.807) is 0 Å². The number of esters is 2. The molecule has 6 heteroatoms. The normalized spacial score (nSPS) is 15.4. The number of benzene rings is 4. The number of fused-ring (bicyclic) bond motifs is 6. The van der Waals surface area contributed by atoms with Crippen molar-refractivity contribution in [1.82, 2.24) is 0 Å². The van der Waals surface area contributed by atoms with Gasteiger partial charge in [0, 0.05) is 60.3 Å². The zero-order chi connectivity index (χ0) is 46.1. The van der Waals surface area contributed by atoms with Crippen molar-refractivity contribution in [2.45, 2.75) is 154 Å². The molecule has 65 heavy (non-hydrogen) atoms. The molecule has 0 aromatic heterocycles. The van der Waals surface area contributed by atoms with E-state index in [1.807, 2.05) is 0 Å². The Labute approximate surface area is 390 Å². The molecule has 342 valence electrons. The maximum atomic E-state index is 11.7. The number of allylic oxidation sites excluding steroid dienone is 4. The maximum absolute atomic E-state index is 11.7. The summed E-state index contributed by atoms with van der Waals surface area (Å²) >= 11 is 0. The average molecular weight is 874 g/mol. The molecule has 4 aromatic carbocycles. The van der Waals surface area contributed by atoms with Crippen molar-refractivity contribution in [1.29, 1.82) is 0 Å². The van der Waals surface area contributed by atoms with Crippen LogP contribution in [0.3, 0.4) is 0 Å². The number of rotatable bonds is 26. The number of terminal acetylenes is 2. The second-order valence-electron chi connectivity index (χ2n) is 19.1. The molecule has 2 aliphatic rings. The van der Waals surface area contributed by atoms with Crippen LogP contribution in [0.15, 0.2) is 96.7 Å². The molecule has 6 rings (SSSR count). The van der Waals surface area contributed by atoms with E-state index in [1.165, 1.54) is 107 Å². The third-order valence-electron chi connectivity index (χ3n) is 13.7. The largest absolute Gasteiger partial charge is 0.452 e. The van der Waals surface area contributed by atoms with Gasteiger partial charge in [0.25, 0.3) is 0 Å². The van der Waals surface area contributed by atoms with Gasteiger partial charge in [-0.1, -0.05) is 157 Å². The minimum atomic E-state index is -0.188. The quantitative estimate of drug-likeness (QED) is 0.0272. The minimum Gasteiger partial charge on any atom is -0.452 e. The van der Waals surface area contributed by atoms with E-state index < -0.39 is 0 Å². The molecule has 0 saturated heterocycles. The van der Waals surface area contributed by atoms with Gasteiger partial charge < -0.3 is 14.4 Å². The molecule has 0 bridgehead atoms. The molecule has 0 spiro atoms. The topological polar surface area (TPSA) is 58.8 Å². The first-order chi connectivity index (χ1) is 31.6. The lowest BCUT2D eigenvalue weighted by molar-refractivity contribution is -0.438. The van der Waals surface area contributed by atoms with Crippen molar-refractivity contribution in [3.05, 3.63) is 108 Å². The highest BCUT2D eigenvalue weighted by molar-refractivity contribution is 6.07. The van der Waals surface area contributed by atoms with Crippen molar-refractivity contribution in [3.63, 3.8) is 0 Å². The summed E-state index contributed by atoms with van der Waals surface area (Å²) < 4.78 is 12.6. The molecule has 0 radical (unpaired) electrons. The summed E-state index contributed by atoms with van der Waals surface area (Å²) in [5.41, 5.74) is 7.90. The molecule has 0 unspecified atom stereocenters. The maximum Gasteiger partial charge on any atom is 0.306 e. The number of nitrogens with zero attached hydrogens (tertiary/aromatic N) is 2. The molecule has 6 nitrogen and oxygen atoms in total. The average Bonchev–Trinajstić information content (AvgIpc) is 3.66. The highest BCUT2D eigenvalue weighted by Crippen LogP contribution is 2.51. The number of unbranched alkanes of at least 4 members (excludes halogenated alkanes) is 14. The van der Waals surface area contributed by atoms with E-state index in [-0.39, 0.29) is 36.0 Å². The first-order valence-electron chi connectivity index (χ1n) is 24.6. The number of ether oxygens (including phenoxy) is 2. The van der Waals surface area contributed by atoms with Gasteiger partial charge in [-0.2, -0.15) is 4.58 Å². The summed E-state index contributed by atoms with van der Waals surface area (Å²) in [4.78, 5) is 26.1. The van der Waals surface area contributed by atoms with Gasteiger partial charge in [-0.05, 0) is 84.8 Å². The predicted octanol–water partition coefficient (Wildman–Crippen LogP) is 14.0. The Kier molecular flexibility index (Phi) is 18.1. The number of carbonyl (C=O) groups excluding carboxylic acids is 2. The summed E-state index contributed by atoms with van der Waals surface area (Å²) in [5, 5.41) is 5.27. The van der Waals surface area contributed by atoms with Crippen molar-refractivity contribution in [2.24, 2.45) is 0 Å². The lowest BCUT2D eigenvalue weighted by atomic mass is 9.79. The Morgan fingerprint density at radius 1 is 0.600 bits per heavy atom. The fraction of sp³-hybridized carbons (Fsp3) is 0.475. The molecule has 0 atom stereocenters. The first-order valence-corrected chi connectivity index (χ1v) is 24.6. The van der Waals surface area contributed by atoms with Crippen molar-refractivity contribution >= 4 is 50.6 Å². The second-order valence-corrected chi connectivity index (χ2v) is 19.1. The highest BCUT2D eigenvalue weighted by atomic mass is 16.5. The van der Waals surface area contributed by atoms with Crippen LogP contribution in [-0.2, 0) is 29.9 Å². The zero-order valence-corrected chi connectivity index (χ0v) is 39.9. The Bertz CT molecular complexity index is 2440. The summed E-state index contributed by atoms with van der Waals surface area (Å²) in [5.74, 6) is 4.33. The molecular weight excluding hydrogens is 801 g/mol. The van der Waals surface area contributed by atoms with Gasteiger partial charge in [0.1, 0.15) is 6.54 Å². The van der Waals surface area contributed by atoms with Crippen LogP contribution in [0.4, 0.5) is 11.4 Å². The van der Waals surface area contributed by atoms with Crippen LogP contribution < -0.4 is 4.90 Å². The van der Waals surface area contributed by atoms with Crippen LogP contribution in [-0.4, -0.2) is 48.5 Å². The highest BCUT2D eigenvalue weighted by Gasteiger charge is 2.46. The third-order valence-corrected chi connectivity index (χ3v) is 13.7. The Balaban J connectivity index is 1.14. The van der Waals surface area contributed by atoms with Crippen molar-refractivity contribution < 1.29 is 23.6 Å². The molecule has 2 aliphatic heterocycles. The van der Waals surface area contributed by atoms with Crippen LogP contribution >= 0.6 is 0 Å². The SMILES string of the molecule is C#CCOC(=O)CCCCCCCCCCN1/C(=C\C=C\C2=[N+](CCCCCCCCCCC(=O)OCC#C)c3ccc4ccccc4c3C2(C)C)C(C)(C)c2c1ccc1ccccc21. The lowest BCUT2D eigenvalue weighted by Gasteiger charge is -2.27. The first kappa shape index (κ1) is 48.9. The number of carbonyl (C=O) groups is 2.